The fraction of sp³-hybridized carbons (Fsp3) is 0.471. The number of carbonyl (C=O) groups excluding carboxylic acids is 1. The summed E-state index contributed by atoms with van der Waals surface area (Å²) in [6.45, 7) is 4.03. The van der Waals surface area contributed by atoms with Gasteiger partial charge in [0.15, 0.2) is 0 Å². The molecule has 1 aromatic rings. The molecular formula is C17H23NO2. The standard InChI is InChI=1S/C17H23NO2/c1-3-4-5-6-10-13-17(2,18)16(19)20-14-15-11-8-7-9-12-15/h7-9,11-12H,3-5,13-14,18H2,1-2H3/t17-/m0/s1. The summed E-state index contributed by atoms with van der Waals surface area (Å²) >= 11 is 0. The summed E-state index contributed by atoms with van der Waals surface area (Å²) in [4.78, 5) is 11.9. The molecule has 0 unspecified atom stereocenters. The van der Waals surface area contributed by atoms with Crippen LogP contribution in [0.3, 0.4) is 0 Å². The Kier molecular flexibility index (Phi) is 6.83. The van der Waals surface area contributed by atoms with E-state index in [1.807, 2.05) is 30.3 Å². The quantitative estimate of drug-likeness (QED) is 0.492. The molecule has 3 nitrogen and oxygen atoms in total. The van der Waals surface area contributed by atoms with Crippen molar-refractivity contribution in [2.45, 2.75) is 51.7 Å². The fourth-order valence-electron chi connectivity index (χ4n) is 1.56. The first-order valence-electron chi connectivity index (χ1n) is 7.02. The smallest absolute Gasteiger partial charge is 0.327 e. The molecule has 1 rings (SSSR count). The van der Waals surface area contributed by atoms with Gasteiger partial charge in [0.1, 0.15) is 12.1 Å². The zero-order chi connectivity index (χ0) is 14.8. The van der Waals surface area contributed by atoms with Crippen LogP contribution in [0.25, 0.3) is 0 Å². The van der Waals surface area contributed by atoms with Crippen LogP contribution in [0.2, 0.25) is 0 Å². The molecule has 108 valence electrons. The summed E-state index contributed by atoms with van der Waals surface area (Å²) in [6, 6.07) is 9.55. The number of hydrogen-bond donors (Lipinski definition) is 1. The first-order chi connectivity index (χ1) is 9.56. The third-order valence-corrected chi connectivity index (χ3v) is 2.92. The van der Waals surface area contributed by atoms with Gasteiger partial charge in [-0.25, -0.2) is 0 Å². The van der Waals surface area contributed by atoms with Crippen molar-refractivity contribution in [3.05, 3.63) is 35.9 Å². The van der Waals surface area contributed by atoms with Crippen LogP contribution in [0.5, 0.6) is 0 Å². The lowest BCUT2D eigenvalue weighted by Crippen LogP contribution is -2.45. The zero-order valence-corrected chi connectivity index (χ0v) is 12.3. The number of rotatable bonds is 6. The van der Waals surface area contributed by atoms with Crippen molar-refractivity contribution in [3.8, 4) is 11.8 Å². The molecule has 0 radical (unpaired) electrons. The van der Waals surface area contributed by atoms with Gasteiger partial charge in [-0.3, -0.25) is 4.79 Å². The van der Waals surface area contributed by atoms with Crippen LogP contribution in [0.4, 0.5) is 0 Å². The van der Waals surface area contributed by atoms with Crippen molar-refractivity contribution in [1.29, 1.82) is 0 Å². The van der Waals surface area contributed by atoms with Gasteiger partial charge in [-0.2, -0.15) is 0 Å². The molecule has 0 aliphatic carbocycles. The summed E-state index contributed by atoms with van der Waals surface area (Å²) in [5, 5.41) is 0. The highest BCUT2D eigenvalue weighted by molar-refractivity contribution is 5.80. The van der Waals surface area contributed by atoms with Crippen molar-refractivity contribution in [3.63, 3.8) is 0 Å². The van der Waals surface area contributed by atoms with Gasteiger partial charge in [0, 0.05) is 12.8 Å². The van der Waals surface area contributed by atoms with Crippen LogP contribution >= 0.6 is 0 Å². The maximum absolute atomic E-state index is 11.9. The van der Waals surface area contributed by atoms with Gasteiger partial charge in [0.05, 0.1) is 0 Å². The number of esters is 1. The summed E-state index contributed by atoms with van der Waals surface area (Å²) in [5.41, 5.74) is 5.86. The lowest BCUT2D eigenvalue weighted by molar-refractivity contribution is -0.150. The molecule has 0 aliphatic rings. The Morgan fingerprint density at radius 1 is 1.30 bits per heavy atom. The Labute approximate surface area is 121 Å². The number of benzene rings is 1. The average molecular weight is 273 g/mol. The van der Waals surface area contributed by atoms with Gasteiger partial charge in [0.25, 0.3) is 0 Å². The molecule has 1 atom stereocenters. The maximum atomic E-state index is 11.9. The Bertz CT molecular complexity index is 469. The molecule has 1 aromatic carbocycles. The minimum Gasteiger partial charge on any atom is -0.459 e. The Morgan fingerprint density at radius 2 is 2.00 bits per heavy atom. The molecule has 0 bridgehead atoms. The number of ether oxygens (including phenoxy) is 1. The Hall–Kier alpha value is -1.79. The van der Waals surface area contributed by atoms with Crippen molar-refractivity contribution in [2.24, 2.45) is 5.73 Å². The van der Waals surface area contributed by atoms with Crippen molar-refractivity contribution in [1.82, 2.24) is 0 Å². The molecule has 0 aromatic heterocycles. The van der Waals surface area contributed by atoms with Gasteiger partial charge in [-0.05, 0) is 18.9 Å². The molecular weight excluding hydrogens is 250 g/mol. The van der Waals surface area contributed by atoms with E-state index in [1.165, 1.54) is 0 Å². The second-order valence-corrected chi connectivity index (χ2v) is 5.11. The number of nitrogens with two attached hydrogens (primary N) is 1. The van der Waals surface area contributed by atoms with Gasteiger partial charge < -0.3 is 10.5 Å². The lowest BCUT2D eigenvalue weighted by atomic mass is 10.00. The van der Waals surface area contributed by atoms with Crippen molar-refractivity contribution >= 4 is 5.97 Å². The predicted octanol–water partition coefficient (Wildman–Crippen LogP) is 3.03. The monoisotopic (exact) mass is 273 g/mol. The molecule has 0 amide bonds. The number of hydrogen-bond acceptors (Lipinski definition) is 3. The van der Waals surface area contributed by atoms with Gasteiger partial charge in [-0.15, -0.1) is 11.8 Å². The number of unbranched alkanes of at least 4 members (excludes halogenated alkanes) is 2. The first kappa shape index (κ1) is 16.3. The molecule has 0 heterocycles. The van der Waals surface area contributed by atoms with E-state index >= 15 is 0 Å². The second-order valence-electron chi connectivity index (χ2n) is 5.11. The average Bonchev–Trinajstić information content (AvgIpc) is 2.45. The van der Waals surface area contributed by atoms with Gasteiger partial charge in [-0.1, -0.05) is 43.7 Å². The van der Waals surface area contributed by atoms with Gasteiger partial charge in [0.2, 0.25) is 0 Å². The summed E-state index contributed by atoms with van der Waals surface area (Å²) in [5.74, 6) is 5.59. The van der Waals surface area contributed by atoms with E-state index in [9.17, 15) is 4.79 Å². The molecule has 0 spiro atoms. The Morgan fingerprint density at radius 3 is 2.65 bits per heavy atom. The molecule has 3 heteroatoms. The molecule has 2 N–H and O–H groups in total. The van der Waals surface area contributed by atoms with Crippen LogP contribution in [0.1, 0.15) is 45.1 Å². The van der Waals surface area contributed by atoms with Crippen molar-refractivity contribution in [2.75, 3.05) is 0 Å². The second kappa shape index (κ2) is 8.39. The van der Waals surface area contributed by atoms with Crippen LogP contribution in [-0.4, -0.2) is 11.5 Å². The highest BCUT2D eigenvalue weighted by Gasteiger charge is 2.29. The van der Waals surface area contributed by atoms with E-state index in [-0.39, 0.29) is 6.61 Å². The van der Waals surface area contributed by atoms with Crippen LogP contribution in [0, 0.1) is 11.8 Å². The largest absolute Gasteiger partial charge is 0.459 e. The van der Waals surface area contributed by atoms with E-state index in [2.05, 4.69) is 18.8 Å². The minimum atomic E-state index is -1.05. The van der Waals surface area contributed by atoms with Crippen LogP contribution < -0.4 is 5.73 Å². The fourth-order valence-corrected chi connectivity index (χ4v) is 1.56. The summed E-state index contributed by atoms with van der Waals surface area (Å²) < 4.78 is 5.24. The Balaban J connectivity index is 2.41. The molecule has 0 fully saturated rings. The maximum Gasteiger partial charge on any atom is 0.327 e. The van der Waals surface area contributed by atoms with E-state index < -0.39 is 11.5 Å². The summed E-state index contributed by atoms with van der Waals surface area (Å²) in [6.07, 6.45) is 3.37. The first-order valence-corrected chi connectivity index (χ1v) is 7.02. The van der Waals surface area contributed by atoms with Crippen molar-refractivity contribution < 1.29 is 9.53 Å². The molecule has 20 heavy (non-hydrogen) atoms. The highest BCUT2D eigenvalue weighted by Crippen LogP contribution is 2.10. The van der Waals surface area contributed by atoms with E-state index in [1.54, 1.807) is 6.92 Å². The van der Waals surface area contributed by atoms with E-state index in [0.29, 0.717) is 6.42 Å². The molecule has 0 saturated carbocycles. The van der Waals surface area contributed by atoms with Crippen LogP contribution in [0.15, 0.2) is 30.3 Å². The molecule has 0 saturated heterocycles. The summed E-state index contributed by atoms with van der Waals surface area (Å²) in [7, 11) is 0. The van der Waals surface area contributed by atoms with E-state index in [0.717, 1.165) is 24.8 Å². The minimum absolute atomic E-state index is 0.246. The lowest BCUT2D eigenvalue weighted by Gasteiger charge is -2.19. The van der Waals surface area contributed by atoms with Gasteiger partial charge >= 0.3 is 5.97 Å². The predicted molar refractivity (Wildman–Crippen MR) is 80.7 cm³/mol. The van der Waals surface area contributed by atoms with Crippen LogP contribution in [-0.2, 0) is 16.1 Å². The zero-order valence-electron chi connectivity index (χ0n) is 12.3. The third kappa shape index (κ3) is 5.90. The SMILES string of the molecule is CCCCC#CC[C@](C)(N)C(=O)OCc1ccccc1. The number of carbonyl (C=O) groups is 1. The third-order valence-electron chi connectivity index (χ3n) is 2.92. The topological polar surface area (TPSA) is 52.3 Å². The molecule has 0 aliphatic heterocycles. The highest BCUT2D eigenvalue weighted by atomic mass is 16.5. The van der Waals surface area contributed by atoms with E-state index in [4.69, 9.17) is 10.5 Å². The normalized spacial score (nSPS) is 12.9.